The first-order valence-corrected chi connectivity index (χ1v) is 8.77. The van der Waals surface area contributed by atoms with Gasteiger partial charge in [-0.25, -0.2) is 14.2 Å². The van der Waals surface area contributed by atoms with Gasteiger partial charge in [-0.2, -0.15) is 0 Å². The summed E-state index contributed by atoms with van der Waals surface area (Å²) >= 11 is 0. The molecule has 1 aromatic heterocycles. The van der Waals surface area contributed by atoms with Crippen LogP contribution in [0.25, 0.3) is 34.3 Å². The van der Waals surface area contributed by atoms with E-state index in [-0.39, 0.29) is 5.56 Å². The summed E-state index contributed by atoms with van der Waals surface area (Å²) in [5, 5.41) is 9.80. The van der Waals surface area contributed by atoms with Crippen molar-refractivity contribution in [2.75, 3.05) is 0 Å². The van der Waals surface area contributed by atoms with Crippen LogP contribution in [0, 0.1) is 5.82 Å². The molecule has 0 aliphatic rings. The summed E-state index contributed by atoms with van der Waals surface area (Å²) in [4.78, 5) is 16.1. The zero-order valence-corrected chi connectivity index (χ0v) is 14.8. The van der Waals surface area contributed by atoms with Gasteiger partial charge in [-0.05, 0) is 35.4 Å². The van der Waals surface area contributed by atoms with Gasteiger partial charge >= 0.3 is 5.97 Å². The van der Waals surface area contributed by atoms with Crippen molar-refractivity contribution in [1.82, 2.24) is 4.98 Å². The van der Waals surface area contributed by atoms with E-state index < -0.39 is 11.8 Å². The van der Waals surface area contributed by atoms with Crippen molar-refractivity contribution in [3.63, 3.8) is 0 Å². The van der Waals surface area contributed by atoms with Crippen molar-refractivity contribution in [3.05, 3.63) is 101 Å². The molecule has 0 atom stereocenters. The molecule has 0 saturated heterocycles. The summed E-state index contributed by atoms with van der Waals surface area (Å²) in [5.74, 6) is -1.60. The highest BCUT2D eigenvalue weighted by atomic mass is 19.1. The first-order chi connectivity index (χ1) is 13.6. The van der Waals surface area contributed by atoms with E-state index >= 15 is 0 Å². The van der Waals surface area contributed by atoms with Crippen LogP contribution in [0.15, 0.2) is 78.9 Å². The number of halogens is 1. The van der Waals surface area contributed by atoms with Gasteiger partial charge in [-0.15, -0.1) is 0 Å². The lowest BCUT2D eigenvalue weighted by Gasteiger charge is -2.08. The SMILES string of the molecule is O=C(O)c1cc(-c2ccc(C=Cc3ccccc3)cc2)nc2ccc(F)cc12. The van der Waals surface area contributed by atoms with E-state index in [0.29, 0.717) is 16.6 Å². The Hall–Kier alpha value is -3.79. The van der Waals surface area contributed by atoms with Crippen molar-refractivity contribution in [3.8, 4) is 11.3 Å². The second-order valence-corrected chi connectivity index (χ2v) is 6.39. The number of rotatable bonds is 4. The molecule has 0 aliphatic heterocycles. The summed E-state index contributed by atoms with van der Waals surface area (Å²) in [5.41, 5.74) is 3.95. The maximum absolute atomic E-state index is 13.5. The highest BCUT2D eigenvalue weighted by Gasteiger charge is 2.13. The molecule has 136 valence electrons. The predicted molar refractivity (Wildman–Crippen MR) is 109 cm³/mol. The van der Waals surface area contributed by atoms with E-state index in [2.05, 4.69) is 4.98 Å². The number of carboxylic acids is 1. The molecule has 4 aromatic rings. The molecule has 0 amide bonds. The van der Waals surface area contributed by atoms with Gasteiger partial charge < -0.3 is 5.11 Å². The molecule has 1 N–H and O–H groups in total. The van der Waals surface area contributed by atoms with Crippen LogP contribution in [0.3, 0.4) is 0 Å². The van der Waals surface area contributed by atoms with E-state index in [4.69, 9.17) is 0 Å². The minimum atomic E-state index is -1.11. The summed E-state index contributed by atoms with van der Waals surface area (Å²) in [6.07, 6.45) is 4.04. The van der Waals surface area contributed by atoms with E-state index in [1.54, 1.807) is 0 Å². The topological polar surface area (TPSA) is 50.2 Å². The van der Waals surface area contributed by atoms with Gasteiger partial charge in [0.1, 0.15) is 5.82 Å². The van der Waals surface area contributed by atoms with Crippen molar-refractivity contribution in [1.29, 1.82) is 0 Å². The number of nitrogens with zero attached hydrogens (tertiary/aromatic N) is 1. The zero-order chi connectivity index (χ0) is 19.5. The van der Waals surface area contributed by atoms with Crippen LogP contribution in [-0.4, -0.2) is 16.1 Å². The summed E-state index contributed by atoms with van der Waals surface area (Å²) in [7, 11) is 0. The number of carbonyl (C=O) groups is 1. The smallest absolute Gasteiger partial charge is 0.336 e. The van der Waals surface area contributed by atoms with E-state index in [0.717, 1.165) is 16.7 Å². The standard InChI is InChI=1S/C24H16FNO2/c25-19-12-13-22-20(14-19)21(24(27)28)15-23(26-22)18-10-8-17(9-11-18)7-6-16-4-2-1-3-5-16/h1-15H,(H,27,28). The highest BCUT2D eigenvalue weighted by molar-refractivity contribution is 6.03. The first kappa shape index (κ1) is 17.6. The average molecular weight is 369 g/mol. The fourth-order valence-electron chi connectivity index (χ4n) is 3.04. The Morgan fingerprint density at radius 2 is 1.54 bits per heavy atom. The van der Waals surface area contributed by atoms with E-state index in [1.165, 1.54) is 24.3 Å². The van der Waals surface area contributed by atoms with Crippen molar-refractivity contribution < 1.29 is 14.3 Å². The normalized spacial score (nSPS) is 11.2. The average Bonchev–Trinajstić information content (AvgIpc) is 2.72. The number of fused-ring (bicyclic) bond motifs is 1. The van der Waals surface area contributed by atoms with Crippen LogP contribution in [0.4, 0.5) is 4.39 Å². The molecular formula is C24H16FNO2. The fraction of sp³-hybridized carbons (Fsp3) is 0. The van der Waals surface area contributed by atoms with E-state index in [1.807, 2.05) is 66.7 Å². The first-order valence-electron chi connectivity index (χ1n) is 8.77. The van der Waals surface area contributed by atoms with Gasteiger partial charge in [0.05, 0.1) is 16.8 Å². The van der Waals surface area contributed by atoms with Crippen LogP contribution < -0.4 is 0 Å². The Bertz CT molecular complexity index is 1180. The quantitative estimate of drug-likeness (QED) is 0.455. The highest BCUT2D eigenvalue weighted by Crippen LogP contribution is 2.26. The zero-order valence-electron chi connectivity index (χ0n) is 14.8. The molecule has 0 spiro atoms. The Morgan fingerprint density at radius 3 is 2.21 bits per heavy atom. The molecule has 0 bridgehead atoms. The second kappa shape index (κ2) is 7.45. The molecule has 1 heterocycles. The summed E-state index contributed by atoms with van der Waals surface area (Å²) in [6.45, 7) is 0. The third-order valence-electron chi connectivity index (χ3n) is 4.48. The number of hydrogen-bond donors (Lipinski definition) is 1. The van der Waals surface area contributed by atoms with Crippen LogP contribution >= 0.6 is 0 Å². The van der Waals surface area contributed by atoms with Gasteiger partial charge in [0.15, 0.2) is 0 Å². The molecule has 0 radical (unpaired) electrons. The van der Waals surface area contributed by atoms with Gasteiger partial charge in [0.2, 0.25) is 0 Å². The summed E-state index contributed by atoms with van der Waals surface area (Å²) in [6, 6.07) is 23.2. The molecule has 4 rings (SSSR count). The molecule has 3 nitrogen and oxygen atoms in total. The molecular weight excluding hydrogens is 353 g/mol. The molecule has 3 aromatic carbocycles. The van der Waals surface area contributed by atoms with Gasteiger partial charge in [0.25, 0.3) is 0 Å². The number of aromatic carboxylic acids is 1. The number of aromatic nitrogens is 1. The second-order valence-electron chi connectivity index (χ2n) is 6.39. The largest absolute Gasteiger partial charge is 0.478 e. The lowest BCUT2D eigenvalue weighted by Crippen LogP contribution is -2.00. The number of pyridine rings is 1. The molecule has 0 aliphatic carbocycles. The van der Waals surface area contributed by atoms with Crippen molar-refractivity contribution in [2.24, 2.45) is 0 Å². The molecule has 4 heteroatoms. The van der Waals surface area contributed by atoms with Crippen molar-refractivity contribution in [2.45, 2.75) is 0 Å². The molecule has 0 unspecified atom stereocenters. The van der Waals surface area contributed by atoms with Gasteiger partial charge in [-0.3, -0.25) is 0 Å². The minimum Gasteiger partial charge on any atom is -0.478 e. The Kier molecular flexibility index (Phi) is 4.68. The Labute approximate surface area is 161 Å². The third kappa shape index (κ3) is 3.67. The predicted octanol–water partition coefficient (Wildman–Crippen LogP) is 5.91. The number of benzene rings is 3. The number of hydrogen-bond acceptors (Lipinski definition) is 2. The van der Waals surface area contributed by atoms with Crippen LogP contribution in [0.2, 0.25) is 0 Å². The van der Waals surface area contributed by atoms with Gasteiger partial charge in [0, 0.05) is 10.9 Å². The maximum atomic E-state index is 13.5. The lowest BCUT2D eigenvalue weighted by molar-refractivity contribution is 0.0699. The van der Waals surface area contributed by atoms with Crippen LogP contribution in [-0.2, 0) is 0 Å². The van der Waals surface area contributed by atoms with Crippen LogP contribution in [0.5, 0.6) is 0 Å². The molecule has 28 heavy (non-hydrogen) atoms. The lowest BCUT2D eigenvalue weighted by atomic mass is 10.0. The fourth-order valence-corrected chi connectivity index (χ4v) is 3.04. The van der Waals surface area contributed by atoms with Crippen LogP contribution in [0.1, 0.15) is 21.5 Å². The minimum absolute atomic E-state index is 0.0348. The van der Waals surface area contributed by atoms with Crippen molar-refractivity contribution >= 4 is 29.0 Å². The maximum Gasteiger partial charge on any atom is 0.336 e. The van der Waals surface area contributed by atoms with E-state index in [9.17, 15) is 14.3 Å². The summed E-state index contributed by atoms with van der Waals surface area (Å²) < 4.78 is 13.5. The Balaban J connectivity index is 1.69. The number of carboxylic acid groups (broad SMARTS) is 1. The molecule has 0 saturated carbocycles. The monoisotopic (exact) mass is 369 g/mol. The van der Waals surface area contributed by atoms with Gasteiger partial charge in [-0.1, -0.05) is 66.7 Å². The Morgan fingerprint density at radius 1 is 0.857 bits per heavy atom. The third-order valence-corrected chi connectivity index (χ3v) is 4.48. The molecule has 0 fully saturated rings.